The second-order valence-corrected chi connectivity index (χ2v) is 9.08. The maximum Gasteiger partial charge on any atom is 0.490 e. The quantitative estimate of drug-likeness (QED) is 0.583. The number of carbonyl (C=O) groups is 2. The maximum atomic E-state index is 13.7. The number of alkyl halides is 3. The average Bonchev–Trinajstić information content (AvgIpc) is 3.36. The first kappa shape index (κ1) is 25.4. The number of nitrogens with zero attached hydrogens (tertiary/aromatic N) is 4. The molecule has 0 radical (unpaired) electrons. The van der Waals surface area contributed by atoms with Gasteiger partial charge in [0.05, 0.1) is 18.2 Å². The Hall–Kier alpha value is -3.66. The Morgan fingerprint density at radius 2 is 1.61 bits per heavy atom. The summed E-state index contributed by atoms with van der Waals surface area (Å²) in [7, 11) is 1.95. The number of para-hydroxylation sites is 1. The van der Waals surface area contributed by atoms with Gasteiger partial charge in [0.15, 0.2) is 0 Å². The van der Waals surface area contributed by atoms with Gasteiger partial charge in [-0.1, -0.05) is 48.5 Å². The van der Waals surface area contributed by atoms with Gasteiger partial charge in [-0.25, -0.2) is 4.79 Å². The van der Waals surface area contributed by atoms with Crippen LogP contribution in [0, 0.1) is 0 Å². The molecule has 1 spiro atoms. The first-order chi connectivity index (χ1) is 17.1. The fraction of sp³-hybridized carbons (Fsp3) is 0.346. The van der Waals surface area contributed by atoms with Gasteiger partial charge in [0.25, 0.3) is 0 Å². The van der Waals surface area contributed by atoms with Gasteiger partial charge >= 0.3 is 12.1 Å². The van der Waals surface area contributed by atoms with Gasteiger partial charge in [-0.2, -0.15) is 18.3 Å². The lowest BCUT2D eigenvalue weighted by atomic mass is 9.73. The van der Waals surface area contributed by atoms with Gasteiger partial charge in [-0.15, -0.1) is 0 Å². The Bertz CT molecular complexity index is 1220. The molecule has 5 rings (SSSR count). The van der Waals surface area contributed by atoms with Crippen LogP contribution in [0.5, 0.6) is 0 Å². The Morgan fingerprint density at radius 1 is 1.00 bits per heavy atom. The number of carbonyl (C=O) groups excluding carboxylic acids is 1. The molecule has 190 valence electrons. The lowest BCUT2D eigenvalue weighted by Crippen LogP contribution is -2.48. The standard InChI is InChI=1S/C24H26N4O.C2HF3O2/c1-26-16-20(15-25-26)17-27-13-11-24(12-14-27)21-9-5-6-10-22(21)28(23(24)29)18-19-7-3-2-4-8-19;3-2(4,5)1(6)7/h2-10,15-16H,11-14,17-18H2,1H3;(H,6,7). The van der Waals surface area contributed by atoms with E-state index in [1.165, 1.54) is 16.7 Å². The third kappa shape index (κ3) is 5.28. The minimum atomic E-state index is -5.08. The van der Waals surface area contributed by atoms with Crippen LogP contribution in [-0.2, 0) is 35.1 Å². The summed E-state index contributed by atoms with van der Waals surface area (Å²) in [6.07, 6.45) is 0.660. The minimum Gasteiger partial charge on any atom is -0.475 e. The molecule has 1 amide bonds. The molecule has 3 aromatic rings. The number of hydrogen-bond donors (Lipinski definition) is 1. The number of rotatable bonds is 4. The predicted molar refractivity (Wildman–Crippen MR) is 127 cm³/mol. The monoisotopic (exact) mass is 500 g/mol. The lowest BCUT2D eigenvalue weighted by Gasteiger charge is -2.38. The van der Waals surface area contributed by atoms with Crippen molar-refractivity contribution >= 4 is 17.6 Å². The summed E-state index contributed by atoms with van der Waals surface area (Å²) in [5, 5.41) is 11.4. The smallest absolute Gasteiger partial charge is 0.475 e. The molecule has 1 fully saturated rings. The van der Waals surface area contributed by atoms with E-state index < -0.39 is 12.1 Å². The van der Waals surface area contributed by atoms with Gasteiger partial charge < -0.3 is 10.0 Å². The number of halogens is 3. The van der Waals surface area contributed by atoms with E-state index in [2.05, 4.69) is 46.5 Å². The van der Waals surface area contributed by atoms with Gasteiger partial charge in [0.1, 0.15) is 0 Å². The molecule has 2 aromatic carbocycles. The van der Waals surface area contributed by atoms with Crippen LogP contribution < -0.4 is 4.90 Å². The van der Waals surface area contributed by atoms with Crippen LogP contribution in [-0.4, -0.2) is 50.9 Å². The molecule has 36 heavy (non-hydrogen) atoms. The van der Waals surface area contributed by atoms with E-state index in [0.29, 0.717) is 6.54 Å². The first-order valence-corrected chi connectivity index (χ1v) is 11.6. The summed E-state index contributed by atoms with van der Waals surface area (Å²) in [6.45, 7) is 3.38. The first-order valence-electron chi connectivity index (χ1n) is 11.6. The third-order valence-corrected chi connectivity index (χ3v) is 6.67. The van der Waals surface area contributed by atoms with Crippen molar-refractivity contribution in [2.75, 3.05) is 18.0 Å². The highest BCUT2D eigenvalue weighted by Gasteiger charge is 2.51. The number of piperidine rings is 1. The molecule has 1 saturated heterocycles. The lowest BCUT2D eigenvalue weighted by molar-refractivity contribution is -0.192. The van der Waals surface area contributed by atoms with Gasteiger partial charge in [0, 0.05) is 31.0 Å². The number of likely N-dealkylation sites (tertiary alicyclic amines) is 1. The summed E-state index contributed by atoms with van der Waals surface area (Å²) in [4.78, 5) is 27.0. The largest absolute Gasteiger partial charge is 0.490 e. The Morgan fingerprint density at radius 3 is 2.19 bits per heavy atom. The fourth-order valence-electron chi connectivity index (χ4n) is 4.91. The second-order valence-electron chi connectivity index (χ2n) is 9.08. The molecule has 0 atom stereocenters. The van der Waals surface area contributed by atoms with Crippen LogP contribution in [0.15, 0.2) is 67.0 Å². The zero-order chi connectivity index (χ0) is 25.9. The molecule has 7 nitrogen and oxygen atoms in total. The van der Waals surface area contributed by atoms with E-state index >= 15 is 0 Å². The van der Waals surface area contributed by atoms with Crippen molar-refractivity contribution in [3.05, 3.63) is 83.7 Å². The van der Waals surface area contributed by atoms with Gasteiger partial charge in [0.2, 0.25) is 5.91 Å². The molecule has 1 aromatic heterocycles. The van der Waals surface area contributed by atoms with Crippen LogP contribution in [0.1, 0.15) is 29.5 Å². The highest BCUT2D eigenvalue weighted by Crippen LogP contribution is 2.48. The Balaban J connectivity index is 0.000000384. The van der Waals surface area contributed by atoms with Crippen molar-refractivity contribution in [3.8, 4) is 0 Å². The van der Waals surface area contributed by atoms with E-state index in [9.17, 15) is 18.0 Å². The van der Waals surface area contributed by atoms with E-state index in [1.807, 2.05) is 47.1 Å². The normalized spacial score (nSPS) is 17.0. The van der Waals surface area contributed by atoms with E-state index in [-0.39, 0.29) is 11.3 Å². The molecular weight excluding hydrogens is 473 g/mol. The predicted octanol–water partition coefficient (Wildman–Crippen LogP) is 4.13. The molecule has 10 heteroatoms. The molecule has 0 aliphatic carbocycles. The molecule has 0 unspecified atom stereocenters. The summed E-state index contributed by atoms with van der Waals surface area (Å²) < 4.78 is 33.6. The van der Waals surface area contributed by atoms with E-state index in [0.717, 1.165) is 38.2 Å². The summed E-state index contributed by atoms with van der Waals surface area (Å²) in [5.41, 5.74) is 4.31. The number of fused-ring (bicyclic) bond motifs is 2. The molecule has 0 saturated carbocycles. The van der Waals surface area contributed by atoms with Crippen LogP contribution in [0.4, 0.5) is 18.9 Å². The minimum absolute atomic E-state index is 0.267. The van der Waals surface area contributed by atoms with Crippen molar-refractivity contribution < 1.29 is 27.9 Å². The Kier molecular flexibility index (Phi) is 7.16. The number of carboxylic acid groups (broad SMARTS) is 1. The second kappa shape index (κ2) is 10.1. The van der Waals surface area contributed by atoms with Crippen LogP contribution >= 0.6 is 0 Å². The van der Waals surface area contributed by atoms with E-state index in [1.54, 1.807) is 0 Å². The average molecular weight is 501 g/mol. The van der Waals surface area contributed by atoms with Crippen molar-refractivity contribution in [3.63, 3.8) is 0 Å². The Labute approximate surface area is 206 Å². The zero-order valence-corrected chi connectivity index (χ0v) is 19.8. The topological polar surface area (TPSA) is 78.7 Å². The number of aryl methyl sites for hydroxylation is 1. The highest BCUT2D eigenvalue weighted by atomic mass is 19.4. The molecule has 2 aliphatic rings. The van der Waals surface area contributed by atoms with E-state index in [4.69, 9.17) is 9.90 Å². The molecule has 1 N–H and O–H groups in total. The zero-order valence-electron chi connectivity index (χ0n) is 19.8. The number of benzene rings is 2. The number of anilines is 1. The van der Waals surface area contributed by atoms with Crippen molar-refractivity contribution in [2.45, 2.75) is 37.5 Å². The molecule has 2 aliphatic heterocycles. The SMILES string of the molecule is Cn1cc(CN2CCC3(CC2)C(=O)N(Cc2ccccc2)c2ccccc23)cn1.O=C(O)C(F)(F)F. The number of amides is 1. The highest BCUT2D eigenvalue weighted by molar-refractivity contribution is 6.08. The molecule has 3 heterocycles. The van der Waals surface area contributed by atoms with Crippen LogP contribution in [0.3, 0.4) is 0 Å². The van der Waals surface area contributed by atoms with Crippen molar-refractivity contribution in [1.82, 2.24) is 14.7 Å². The fourth-order valence-corrected chi connectivity index (χ4v) is 4.91. The number of hydrogen-bond acceptors (Lipinski definition) is 4. The van der Waals surface area contributed by atoms with Crippen LogP contribution in [0.25, 0.3) is 0 Å². The van der Waals surface area contributed by atoms with Gasteiger partial charge in [-0.3, -0.25) is 14.4 Å². The number of aliphatic carboxylic acids is 1. The molecule has 0 bridgehead atoms. The summed E-state index contributed by atoms with van der Waals surface area (Å²) >= 11 is 0. The summed E-state index contributed by atoms with van der Waals surface area (Å²) in [5.74, 6) is -2.49. The van der Waals surface area contributed by atoms with Crippen molar-refractivity contribution in [2.24, 2.45) is 7.05 Å². The summed E-state index contributed by atoms with van der Waals surface area (Å²) in [6, 6.07) is 18.7. The van der Waals surface area contributed by atoms with Gasteiger partial charge in [-0.05, 0) is 43.1 Å². The van der Waals surface area contributed by atoms with Crippen molar-refractivity contribution in [1.29, 1.82) is 0 Å². The molecular formula is C26H27F3N4O3. The third-order valence-electron chi connectivity index (χ3n) is 6.67. The number of aromatic nitrogens is 2. The number of carboxylic acids is 1. The maximum absolute atomic E-state index is 13.7. The van der Waals surface area contributed by atoms with Crippen LogP contribution in [0.2, 0.25) is 0 Å².